The first-order chi connectivity index (χ1) is 19.3. The predicted molar refractivity (Wildman–Crippen MR) is 164 cm³/mol. The molecule has 4 aromatic rings. The summed E-state index contributed by atoms with van der Waals surface area (Å²) in [7, 11) is 1.55. The Morgan fingerprint density at radius 2 is 1.68 bits per heavy atom. The first kappa shape index (κ1) is 32.3. The maximum absolute atomic E-state index is 13.4. The maximum atomic E-state index is 13.4. The number of carbonyl (C=O) groups is 2. The molecule has 3 aromatic carbocycles. The summed E-state index contributed by atoms with van der Waals surface area (Å²) in [6, 6.07) is 13.7. The van der Waals surface area contributed by atoms with Gasteiger partial charge in [0, 0.05) is 30.1 Å². The van der Waals surface area contributed by atoms with Crippen molar-refractivity contribution in [3.63, 3.8) is 0 Å². The van der Waals surface area contributed by atoms with Crippen LogP contribution >= 0.6 is 35.6 Å². The quantitative estimate of drug-likeness (QED) is 0.150. The average Bonchev–Trinajstić information content (AvgIpc) is 3.34. The van der Waals surface area contributed by atoms with Gasteiger partial charge in [-0.25, -0.2) is 4.98 Å². The highest BCUT2D eigenvalue weighted by atomic mass is 35.5. The number of carbonyl (C=O) groups excluding carboxylic acids is 2. The van der Waals surface area contributed by atoms with E-state index in [0.29, 0.717) is 59.7 Å². The average molecular weight is 622 g/mol. The van der Waals surface area contributed by atoms with Gasteiger partial charge in [0.15, 0.2) is 0 Å². The Kier molecular flexibility index (Phi) is 12.0. The van der Waals surface area contributed by atoms with Gasteiger partial charge in [-0.15, -0.1) is 12.4 Å². The topological polar surface area (TPSA) is 115 Å². The number of imidazole rings is 1. The molecule has 2 amide bonds. The molecule has 0 fully saturated rings. The summed E-state index contributed by atoms with van der Waals surface area (Å²) in [5, 5.41) is 6.57. The van der Waals surface area contributed by atoms with E-state index < -0.39 is 11.8 Å². The summed E-state index contributed by atoms with van der Waals surface area (Å²) in [5.74, 6) is -0.311. The summed E-state index contributed by atoms with van der Waals surface area (Å²) in [6.45, 7) is 5.81. The van der Waals surface area contributed by atoms with Gasteiger partial charge in [-0.1, -0.05) is 35.3 Å². The lowest BCUT2D eigenvalue weighted by Gasteiger charge is -2.12. The third kappa shape index (κ3) is 8.19. The number of ether oxygens (including phenoxy) is 3. The van der Waals surface area contributed by atoms with Crippen LogP contribution in [0.2, 0.25) is 10.0 Å². The minimum Gasteiger partial charge on any atom is -0.379 e. The lowest BCUT2D eigenvalue weighted by atomic mass is 10.1. The molecule has 0 saturated carbocycles. The third-order valence-corrected chi connectivity index (χ3v) is 6.79. The number of methoxy groups -OCH3 is 1. The van der Waals surface area contributed by atoms with Crippen molar-refractivity contribution in [3.8, 4) is 0 Å². The largest absolute Gasteiger partial charge is 0.379 e. The lowest BCUT2D eigenvalue weighted by Crippen LogP contribution is -2.16. The summed E-state index contributed by atoms with van der Waals surface area (Å²) in [5.41, 5.74) is 4.00. The smallest absolute Gasteiger partial charge is 0.258 e. The molecule has 4 rings (SSSR count). The van der Waals surface area contributed by atoms with Gasteiger partial charge in [0.2, 0.25) is 0 Å². The van der Waals surface area contributed by atoms with E-state index in [-0.39, 0.29) is 35.2 Å². The number of hydrogen-bond acceptors (Lipinski definition) is 6. The molecule has 9 nitrogen and oxygen atoms in total. The SMILES string of the molecule is CCOCCOCc1ccc(Cl)c(C(=O)Nc2cc(C(=O)Nc3cccc(Cl)c3C)c3nc(COC)[nH]c3c2)c1.Cl. The number of rotatable bonds is 12. The predicted octanol–water partition coefficient (Wildman–Crippen LogP) is 6.80. The molecule has 41 heavy (non-hydrogen) atoms. The van der Waals surface area contributed by atoms with E-state index in [2.05, 4.69) is 20.6 Å². The van der Waals surface area contributed by atoms with Crippen LogP contribution in [0.1, 0.15) is 44.6 Å². The van der Waals surface area contributed by atoms with Crippen LogP contribution in [0.3, 0.4) is 0 Å². The van der Waals surface area contributed by atoms with Gasteiger partial charge in [-0.2, -0.15) is 0 Å². The number of aromatic nitrogens is 2. The zero-order valence-electron chi connectivity index (χ0n) is 22.8. The second kappa shape index (κ2) is 15.2. The molecule has 0 unspecified atom stereocenters. The Bertz CT molecular complexity index is 1530. The number of fused-ring (bicyclic) bond motifs is 1. The van der Waals surface area contributed by atoms with Gasteiger partial charge in [0.1, 0.15) is 17.9 Å². The molecule has 3 N–H and O–H groups in total. The van der Waals surface area contributed by atoms with Crippen molar-refractivity contribution in [1.82, 2.24) is 9.97 Å². The lowest BCUT2D eigenvalue weighted by molar-refractivity contribution is 0.0453. The summed E-state index contributed by atoms with van der Waals surface area (Å²) >= 11 is 12.6. The van der Waals surface area contributed by atoms with E-state index in [1.165, 1.54) is 0 Å². The number of amides is 2. The molecule has 1 aromatic heterocycles. The Labute approximate surface area is 254 Å². The minimum atomic E-state index is -0.436. The van der Waals surface area contributed by atoms with E-state index in [9.17, 15) is 9.59 Å². The molecule has 0 atom stereocenters. The van der Waals surface area contributed by atoms with Crippen LogP contribution in [0.4, 0.5) is 11.4 Å². The molecule has 1 heterocycles. The van der Waals surface area contributed by atoms with Crippen molar-refractivity contribution in [1.29, 1.82) is 0 Å². The number of benzene rings is 3. The fraction of sp³-hybridized carbons (Fsp3) is 0.276. The van der Waals surface area contributed by atoms with Gasteiger partial charge >= 0.3 is 0 Å². The molecular formula is C29H31Cl3N4O5. The minimum absolute atomic E-state index is 0. The van der Waals surface area contributed by atoms with E-state index in [1.807, 2.05) is 13.8 Å². The molecule has 0 aliphatic heterocycles. The first-order valence-electron chi connectivity index (χ1n) is 12.6. The number of nitrogens with one attached hydrogen (secondary N) is 3. The highest BCUT2D eigenvalue weighted by Crippen LogP contribution is 2.28. The number of aromatic amines is 1. The Hall–Kier alpha value is -3.18. The maximum Gasteiger partial charge on any atom is 0.258 e. The van der Waals surface area contributed by atoms with E-state index in [1.54, 1.807) is 55.6 Å². The zero-order valence-corrected chi connectivity index (χ0v) is 25.1. The fourth-order valence-corrected chi connectivity index (χ4v) is 4.42. The zero-order chi connectivity index (χ0) is 28.6. The van der Waals surface area contributed by atoms with Gasteiger partial charge < -0.3 is 29.8 Å². The highest BCUT2D eigenvalue weighted by Gasteiger charge is 2.19. The van der Waals surface area contributed by atoms with E-state index >= 15 is 0 Å². The van der Waals surface area contributed by atoms with Crippen LogP contribution in [-0.4, -0.2) is 48.7 Å². The molecule has 0 bridgehead atoms. The molecule has 0 radical (unpaired) electrons. The molecule has 0 aliphatic rings. The van der Waals surface area contributed by atoms with E-state index in [0.717, 1.165) is 11.1 Å². The normalized spacial score (nSPS) is 10.9. The van der Waals surface area contributed by atoms with Crippen LogP contribution in [-0.2, 0) is 27.4 Å². The monoisotopic (exact) mass is 620 g/mol. The fourth-order valence-electron chi connectivity index (χ4n) is 4.04. The third-order valence-electron chi connectivity index (χ3n) is 6.06. The van der Waals surface area contributed by atoms with Crippen molar-refractivity contribution in [2.45, 2.75) is 27.1 Å². The second-order valence-electron chi connectivity index (χ2n) is 8.92. The van der Waals surface area contributed by atoms with Gasteiger partial charge in [-0.3, -0.25) is 9.59 Å². The van der Waals surface area contributed by atoms with Gasteiger partial charge in [-0.05, 0) is 61.4 Å². The van der Waals surface area contributed by atoms with Crippen molar-refractivity contribution < 1.29 is 23.8 Å². The number of hydrogen-bond donors (Lipinski definition) is 3. The molecule has 218 valence electrons. The molecular weight excluding hydrogens is 591 g/mol. The van der Waals surface area contributed by atoms with Crippen LogP contribution in [0.25, 0.3) is 11.0 Å². The highest BCUT2D eigenvalue weighted by molar-refractivity contribution is 6.34. The molecule has 0 spiro atoms. The van der Waals surface area contributed by atoms with Gasteiger partial charge in [0.25, 0.3) is 11.8 Å². The Balaban J connectivity index is 0.00000462. The molecule has 0 saturated heterocycles. The van der Waals surface area contributed by atoms with E-state index in [4.69, 9.17) is 37.4 Å². The number of anilines is 2. The number of halogens is 3. The second-order valence-corrected chi connectivity index (χ2v) is 9.74. The standard InChI is InChI=1S/C29H30Cl2N4O5.ClH/c1-4-39-10-11-40-15-18-8-9-23(31)20(12-18)28(36)32-19-13-21(27-25(14-19)33-26(35-27)16-38-3)29(37)34-24-7-5-6-22(30)17(24)2;/h5-9,12-14H,4,10-11,15-16H2,1-3H3,(H,32,36)(H,33,35)(H,34,37);1H. The van der Waals surface area contributed by atoms with Crippen LogP contribution in [0.5, 0.6) is 0 Å². The Morgan fingerprint density at radius 3 is 2.44 bits per heavy atom. The van der Waals surface area contributed by atoms with Gasteiger partial charge in [0.05, 0.1) is 41.5 Å². The van der Waals surface area contributed by atoms with Crippen molar-refractivity contribution in [3.05, 3.63) is 86.7 Å². The van der Waals surface area contributed by atoms with Crippen molar-refractivity contribution >= 4 is 69.8 Å². The molecule has 12 heteroatoms. The molecule has 0 aliphatic carbocycles. The summed E-state index contributed by atoms with van der Waals surface area (Å²) < 4.78 is 16.1. The summed E-state index contributed by atoms with van der Waals surface area (Å²) in [6.07, 6.45) is 0. The number of nitrogens with zero attached hydrogens (tertiary/aromatic N) is 1. The van der Waals surface area contributed by atoms with Crippen LogP contribution in [0.15, 0.2) is 48.5 Å². The Morgan fingerprint density at radius 1 is 0.927 bits per heavy atom. The van der Waals surface area contributed by atoms with Crippen molar-refractivity contribution in [2.24, 2.45) is 0 Å². The van der Waals surface area contributed by atoms with Crippen molar-refractivity contribution in [2.75, 3.05) is 37.6 Å². The van der Waals surface area contributed by atoms with Crippen LogP contribution in [0, 0.1) is 6.92 Å². The summed E-state index contributed by atoms with van der Waals surface area (Å²) in [4.78, 5) is 34.4. The first-order valence-corrected chi connectivity index (χ1v) is 13.4. The van der Waals surface area contributed by atoms with Crippen LogP contribution < -0.4 is 10.6 Å². The number of H-pyrrole nitrogens is 1.